The van der Waals surface area contributed by atoms with Crippen molar-refractivity contribution >= 4 is 86.4 Å². The van der Waals surface area contributed by atoms with Gasteiger partial charge in [0.25, 0.3) is 5.69 Å². The van der Waals surface area contributed by atoms with Gasteiger partial charge in [-0.2, -0.15) is 0 Å². The topological polar surface area (TPSA) is 108 Å². The van der Waals surface area contributed by atoms with Gasteiger partial charge in [-0.15, -0.1) is 0 Å². The normalized spacial score (nSPS) is 14.6. The van der Waals surface area contributed by atoms with Crippen LogP contribution in [0.4, 0.5) is 5.69 Å². The minimum atomic E-state index is -0.677. The number of hydrogen-bond donors (Lipinski definition) is 0. The molecule has 0 aromatic heterocycles. The van der Waals surface area contributed by atoms with Crippen LogP contribution in [0.3, 0.4) is 0 Å². The van der Waals surface area contributed by atoms with Crippen LogP contribution < -0.4 is 4.74 Å². The Bertz CT molecular complexity index is 1110. The maximum absolute atomic E-state index is 12.2. The van der Waals surface area contributed by atoms with E-state index in [0.29, 0.717) is 18.5 Å². The molecule has 0 radical (unpaired) electrons. The molecule has 1 aliphatic rings. The third-order valence-electron chi connectivity index (χ3n) is 3.58. The highest BCUT2D eigenvalue weighted by Gasteiger charge is 2.26. The molecule has 3 rings (SSSR count). The van der Waals surface area contributed by atoms with Gasteiger partial charge < -0.3 is 9.47 Å². The Morgan fingerprint density at radius 2 is 1.93 bits per heavy atom. The van der Waals surface area contributed by atoms with Crippen molar-refractivity contribution < 1.29 is 24.0 Å². The van der Waals surface area contributed by atoms with Crippen molar-refractivity contribution in [3.05, 3.63) is 69.4 Å². The van der Waals surface area contributed by atoms with Crippen LogP contribution in [0.1, 0.15) is 18.1 Å². The minimum absolute atomic E-state index is 0.0397. The predicted molar refractivity (Wildman–Crippen MR) is 122 cm³/mol. The van der Waals surface area contributed by atoms with Gasteiger partial charge in [-0.25, -0.2) is 9.79 Å². The number of aliphatic imine (C=N–C) groups is 1. The van der Waals surface area contributed by atoms with Crippen molar-refractivity contribution in [2.45, 2.75) is 6.92 Å². The Balaban J connectivity index is 1.95. The second kappa shape index (κ2) is 8.75. The smallest absolute Gasteiger partial charge is 0.363 e. The van der Waals surface area contributed by atoms with Crippen molar-refractivity contribution in [3.63, 3.8) is 0 Å². The molecule has 0 unspecified atom stereocenters. The number of benzene rings is 2. The number of ether oxygens (including phenoxy) is 2. The van der Waals surface area contributed by atoms with E-state index in [1.807, 2.05) is 45.2 Å². The van der Waals surface area contributed by atoms with E-state index in [4.69, 9.17) is 21.1 Å². The number of hydrogen-bond acceptors (Lipinski definition) is 7. The summed E-state index contributed by atoms with van der Waals surface area (Å²) in [6, 6.07) is 7.24. The van der Waals surface area contributed by atoms with Crippen molar-refractivity contribution in [2.24, 2.45) is 4.99 Å². The molecule has 0 amide bonds. The quantitative estimate of drug-likeness (QED) is 0.120. The Kier molecular flexibility index (Phi) is 6.53. The van der Waals surface area contributed by atoms with Gasteiger partial charge in [0, 0.05) is 19.1 Å². The molecule has 0 aliphatic carbocycles. The molecule has 8 nitrogen and oxygen atoms in total. The second-order valence-corrected chi connectivity index (χ2v) is 8.40. The number of halogens is 3. The van der Waals surface area contributed by atoms with Crippen LogP contribution in [0.2, 0.25) is 5.02 Å². The van der Waals surface area contributed by atoms with E-state index in [9.17, 15) is 19.7 Å². The highest BCUT2D eigenvalue weighted by atomic mass is 127. The highest BCUT2D eigenvalue weighted by Crippen LogP contribution is 2.31. The summed E-state index contributed by atoms with van der Waals surface area (Å²) < 4.78 is 11.7. The van der Waals surface area contributed by atoms with Crippen LogP contribution in [-0.2, 0) is 14.3 Å². The maximum Gasteiger partial charge on any atom is 0.363 e. The summed E-state index contributed by atoms with van der Waals surface area (Å²) in [5, 5.41) is 10.9. The number of rotatable bonds is 4. The third-order valence-corrected chi connectivity index (χ3v) is 5.50. The van der Waals surface area contributed by atoms with Crippen LogP contribution in [0.5, 0.6) is 5.75 Å². The van der Waals surface area contributed by atoms with Gasteiger partial charge in [-0.05, 0) is 75.0 Å². The monoisotopic (exact) mass is 638 g/mol. The van der Waals surface area contributed by atoms with Crippen LogP contribution >= 0.6 is 56.8 Å². The average Bonchev–Trinajstić information content (AvgIpc) is 2.98. The zero-order valence-corrected chi connectivity index (χ0v) is 19.5. The van der Waals surface area contributed by atoms with E-state index in [-0.39, 0.29) is 27.9 Å². The fraction of sp³-hybridized carbons (Fsp3) is 0.0556. The largest absolute Gasteiger partial charge is 0.424 e. The van der Waals surface area contributed by atoms with Crippen LogP contribution in [0, 0.1) is 17.3 Å². The first-order chi connectivity index (χ1) is 13.7. The number of nitrogens with zero attached hydrogens (tertiary/aromatic N) is 2. The van der Waals surface area contributed by atoms with E-state index in [0.717, 1.165) is 6.07 Å². The zero-order chi connectivity index (χ0) is 21.3. The Hall–Kier alpha value is -2.06. The fourth-order valence-corrected chi connectivity index (χ4v) is 4.67. The lowest BCUT2D eigenvalue weighted by Gasteiger charge is -2.08. The van der Waals surface area contributed by atoms with Gasteiger partial charge in [0.1, 0.15) is 0 Å². The van der Waals surface area contributed by atoms with Gasteiger partial charge in [-0.3, -0.25) is 14.9 Å². The lowest BCUT2D eigenvalue weighted by molar-refractivity contribution is -0.384. The lowest BCUT2D eigenvalue weighted by Crippen LogP contribution is -2.06. The average molecular weight is 639 g/mol. The summed E-state index contributed by atoms with van der Waals surface area (Å²) in [7, 11) is 0. The van der Waals surface area contributed by atoms with Crippen LogP contribution in [0.15, 0.2) is 41.0 Å². The summed E-state index contributed by atoms with van der Waals surface area (Å²) in [4.78, 5) is 37.8. The van der Waals surface area contributed by atoms with Gasteiger partial charge >= 0.3 is 11.9 Å². The van der Waals surface area contributed by atoms with Crippen molar-refractivity contribution in [2.75, 3.05) is 0 Å². The molecule has 1 aliphatic heterocycles. The van der Waals surface area contributed by atoms with Crippen molar-refractivity contribution in [1.29, 1.82) is 0 Å². The lowest BCUT2D eigenvalue weighted by atomic mass is 10.2. The second-order valence-electron chi connectivity index (χ2n) is 5.66. The first kappa shape index (κ1) is 21.6. The van der Waals surface area contributed by atoms with Crippen LogP contribution in [-0.4, -0.2) is 22.8 Å². The number of carbonyl (C=O) groups is 2. The summed E-state index contributed by atoms with van der Waals surface area (Å²) >= 11 is 10.1. The van der Waals surface area contributed by atoms with Crippen LogP contribution in [0.25, 0.3) is 6.08 Å². The SMILES string of the molecule is CC(=O)Oc1c(I)cc(/C=C2\N=C(c3ccc([N+](=O)[O-])cc3Cl)OC2=O)cc1I. The molecule has 0 atom stereocenters. The summed E-state index contributed by atoms with van der Waals surface area (Å²) in [6.45, 7) is 1.32. The molecule has 0 bridgehead atoms. The molecule has 2 aromatic rings. The number of esters is 2. The van der Waals surface area contributed by atoms with Gasteiger partial charge in [0.2, 0.25) is 5.90 Å². The maximum atomic E-state index is 12.2. The van der Waals surface area contributed by atoms with E-state index in [1.165, 1.54) is 25.1 Å². The Morgan fingerprint density at radius 3 is 2.48 bits per heavy atom. The van der Waals surface area contributed by atoms with E-state index < -0.39 is 16.9 Å². The minimum Gasteiger partial charge on any atom is -0.424 e. The molecule has 0 fully saturated rings. The molecule has 148 valence electrons. The van der Waals surface area contributed by atoms with Crippen molar-refractivity contribution in [1.82, 2.24) is 0 Å². The molecule has 2 aromatic carbocycles. The molecule has 11 heteroatoms. The highest BCUT2D eigenvalue weighted by molar-refractivity contribution is 14.1. The number of non-ortho nitro benzene ring substituents is 1. The summed E-state index contributed by atoms with van der Waals surface area (Å²) in [5.41, 5.74) is 0.780. The molecule has 0 saturated heterocycles. The molecular weight excluding hydrogens is 629 g/mol. The van der Waals surface area contributed by atoms with Crippen molar-refractivity contribution in [3.8, 4) is 5.75 Å². The van der Waals surface area contributed by atoms with Gasteiger partial charge in [0.05, 0.1) is 22.6 Å². The Labute approximate surface area is 196 Å². The first-order valence-corrected chi connectivity index (χ1v) is 10.3. The Morgan fingerprint density at radius 1 is 1.28 bits per heavy atom. The van der Waals surface area contributed by atoms with E-state index in [1.54, 1.807) is 12.1 Å². The third kappa shape index (κ3) is 4.93. The molecule has 0 saturated carbocycles. The molecule has 1 heterocycles. The van der Waals surface area contributed by atoms with E-state index in [2.05, 4.69) is 4.99 Å². The number of cyclic esters (lactones) is 1. The first-order valence-electron chi connectivity index (χ1n) is 7.80. The van der Waals surface area contributed by atoms with Gasteiger partial charge in [0.15, 0.2) is 11.4 Å². The number of nitro groups is 1. The van der Waals surface area contributed by atoms with E-state index >= 15 is 0 Å². The summed E-state index contributed by atoms with van der Waals surface area (Å²) in [6.07, 6.45) is 1.52. The molecule has 0 spiro atoms. The summed E-state index contributed by atoms with van der Waals surface area (Å²) in [5.74, 6) is -0.706. The fourth-order valence-electron chi connectivity index (χ4n) is 2.38. The number of carbonyl (C=O) groups excluding carboxylic acids is 2. The molecular formula is C18H9ClI2N2O6. The molecule has 0 N–H and O–H groups in total. The zero-order valence-electron chi connectivity index (χ0n) is 14.4. The molecule has 29 heavy (non-hydrogen) atoms. The standard InChI is InChI=1S/C18H9ClI2N2O6/c1-8(24)28-16-13(20)4-9(5-14(16)21)6-15-18(25)29-17(22-15)11-3-2-10(23(26)27)7-12(11)19/h2-7H,1H3/b15-6-. The van der Waals surface area contributed by atoms with Gasteiger partial charge in [-0.1, -0.05) is 11.6 Å². The number of nitro benzene ring substituents is 1. The predicted octanol–water partition coefficient (Wildman–Crippen LogP) is 4.73.